The highest BCUT2D eigenvalue weighted by Gasteiger charge is 2.40. The third kappa shape index (κ3) is 5.42. The van der Waals surface area contributed by atoms with Gasteiger partial charge in [0.15, 0.2) is 0 Å². The number of ether oxygens (including phenoxy) is 2. The van der Waals surface area contributed by atoms with Gasteiger partial charge in [0.2, 0.25) is 0 Å². The zero-order chi connectivity index (χ0) is 15.0. The summed E-state index contributed by atoms with van der Waals surface area (Å²) in [5.74, 6) is 3.31. The Morgan fingerprint density at radius 1 is 1.29 bits per heavy atom. The predicted molar refractivity (Wildman–Crippen MR) is 91.2 cm³/mol. The summed E-state index contributed by atoms with van der Waals surface area (Å²) in [5, 5.41) is 3.71. The summed E-state index contributed by atoms with van der Waals surface area (Å²) in [7, 11) is 0. The highest BCUT2D eigenvalue weighted by atomic mass is 32.2. The molecule has 1 N–H and O–H groups in total. The van der Waals surface area contributed by atoms with Crippen LogP contribution < -0.4 is 5.32 Å². The molecule has 4 heteroatoms. The van der Waals surface area contributed by atoms with Gasteiger partial charge in [0.05, 0.1) is 5.60 Å². The van der Waals surface area contributed by atoms with Gasteiger partial charge in [-0.25, -0.2) is 0 Å². The van der Waals surface area contributed by atoms with Crippen molar-refractivity contribution in [1.82, 2.24) is 5.32 Å². The molecule has 0 aromatic heterocycles. The van der Waals surface area contributed by atoms with Crippen molar-refractivity contribution >= 4 is 11.8 Å². The molecule has 2 rings (SSSR count). The third-order valence-corrected chi connectivity index (χ3v) is 5.88. The van der Waals surface area contributed by atoms with E-state index in [1.165, 1.54) is 37.2 Å². The molecule has 0 aliphatic carbocycles. The maximum Gasteiger partial charge on any atom is 0.0701 e. The topological polar surface area (TPSA) is 30.5 Å². The Labute approximate surface area is 134 Å². The number of nitrogens with one attached hydrogen (secondary N) is 1. The lowest BCUT2D eigenvalue weighted by Crippen LogP contribution is -2.48. The third-order valence-electron chi connectivity index (χ3n) is 4.89. The second kappa shape index (κ2) is 9.39. The Morgan fingerprint density at radius 2 is 2.10 bits per heavy atom. The van der Waals surface area contributed by atoms with E-state index in [-0.39, 0.29) is 5.60 Å². The normalized spacial score (nSPS) is 26.9. The minimum absolute atomic E-state index is 0.201. The average Bonchev–Trinajstić information content (AvgIpc) is 2.51. The lowest BCUT2D eigenvalue weighted by atomic mass is 9.78. The Hall–Kier alpha value is 0.230. The van der Waals surface area contributed by atoms with Gasteiger partial charge in [0.25, 0.3) is 0 Å². The van der Waals surface area contributed by atoms with Crippen LogP contribution >= 0.6 is 11.8 Å². The molecular weight excluding hydrogens is 282 g/mol. The van der Waals surface area contributed by atoms with Crippen LogP contribution in [0.4, 0.5) is 0 Å². The van der Waals surface area contributed by atoms with E-state index in [4.69, 9.17) is 9.47 Å². The summed E-state index contributed by atoms with van der Waals surface area (Å²) < 4.78 is 11.9. The van der Waals surface area contributed by atoms with Crippen molar-refractivity contribution in [3.8, 4) is 0 Å². The van der Waals surface area contributed by atoms with Gasteiger partial charge in [-0.1, -0.05) is 13.8 Å². The lowest BCUT2D eigenvalue weighted by molar-refractivity contribution is -0.108. The van der Waals surface area contributed by atoms with E-state index in [2.05, 4.69) is 30.9 Å². The van der Waals surface area contributed by atoms with E-state index in [1.54, 1.807) is 0 Å². The Morgan fingerprint density at radius 3 is 2.81 bits per heavy atom. The fraction of sp³-hybridized carbons (Fsp3) is 1.00. The van der Waals surface area contributed by atoms with Gasteiger partial charge in [-0.2, -0.15) is 11.8 Å². The Balaban J connectivity index is 1.85. The first-order valence-corrected chi connectivity index (χ1v) is 9.98. The molecule has 2 fully saturated rings. The van der Waals surface area contributed by atoms with Crippen LogP contribution in [0.3, 0.4) is 0 Å². The van der Waals surface area contributed by atoms with Crippen molar-refractivity contribution in [2.24, 2.45) is 5.92 Å². The summed E-state index contributed by atoms with van der Waals surface area (Å²) in [4.78, 5) is 0. The summed E-state index contributed by atoms with van der Waals surface area (Å²) >= 11 is 2.09. The van der Waals surface area contributed by atoms with Crippen molar-refractivity contribution in [3.05, 3.63) is 0 Å². The molecular formula is C17H33NO2S. The molecule has 0 aromatic carbocycles. The molecule has 0 amide bonds. The van der Waals surface area contributed by atoms with Gasteiger partial charge in [-0.05, 0) is 62.5 Å². The molecule has 2 heterocycles. The lowest BCUT2D eigenvalue weighted by Gasteiger charge is -2.45. The molecule has 1 spiro atoms. The van der Waals surface area contributed by atoms with Crippen LogP contribution in [0.25, 0.3) is 0 Å². The van der Waals surface area contributed by atoms with Gasteiger partial charge >= 0.3 is 0 Å². The molecule has 2 aliphatic rings. The van der Waals surface area contributed by atoms with Gasteiger partial charge in [-0.15, -0.1) is 0 Å². The zero-order valence-corrected chi connectivity index (χ0v) is 14.7. The molecule has 0 radical (unpaired) electrons. The van der Waals surface area contributed by atoms with Crippen LogP contribution in [0.1, 0.15) is 52.4 Å². The number of hydrogen-bond donors (Lipinski definition) is 1. The summed E-state index contributed by atoms with van der Waals surface area (Å²) in [6.07, 6.45) is 7.21. The zero-order valence-electron chi connectivity index (χ0n) is 13.9. The maximum atomic E-state index is 6.24. The van der Waals surface area contributed by atoms with Crippen LogP contribution in [0, 0.1) is 5.92 Å². The standard InChI is InChI=1S/C17H33NO2S/c1-3-9-19-10-6-16(18-4-2)15-5-11-20-17(14-15)7-12-21-13-8-17/h15-16,18H,3-14H2,1-2H3. The van der Waals surface area contributed by atoms with Crippen molar-refractivity contribution in [3.63, 3.8) is 0 Å². The molecule has 124 valence electrons. The molecule has 21 heavy (non-hydrogen) atoms. The molecule has 2 unspecified atom stereocenters. The molecule has 0 aromatic rings. The SMILES string of the molecule is CCCOCCC(NCC)C1CCOC2(CCSCC2)C1. The summed E-state index contributed by atoms with van der Waals surface area (Å²) in [6.45, 7) is 8.18. The second-order valence-corrected chi connectivity index (χ2v) is 7.69. The highest BCUT2D eigenvalue weighted by Crippen LogP contribution is 2.41. The minimum atomic E-state index is 0.201. The van der Waals surface area contributed by atoms with E-state index in [0.29, 0.717) is 6.04 Å². The predicted octanol–water partition coefficient (Wildman–Crippen LogP) is 3.47. The Kier molecular flexibility index (Phi) is 7.86. The first-order valence-electron chi connectivity index (χ1n) is 8.82. The summed E-state index contributed by atoms with van der Waals surface area (Å²) in [5.41, 5.74) is 0.201. The highest BCUT2D eigenvalue weighted by molar-refractivity contribution is 7.99. The molecule has 2 atom stereocenters. The molecule has 0 bridgehead atoms. The van der Waals surface area contributed by atoms with Crippen molar-refractivity contribution in [2.45, 2.75) is 64.0 Å². The fourth-order valence-electron chi connectivity index (χ4n) is 3.72. The average molecular weight is 316 g/mol. The second-order valence-electron chi connectivity index (χ2n) is 6.46. The monoisotopic (exact) mass is 315 g/mol. The van der Waals surface area contributed by atoms with E-state index in [1.807, 2.05) is 0 Å². The molecule has 2 saturated heterocycles. The van der Waals surface area contributed by atoms with Crippen LogP contribution in [-0.2, 0) is 9.47 Å². The van der Waals surface area contributed by atoms with Gasteiger partial charge in [0.1, 0.15) is 0 Å². The maximum absolute atomic E-state index is 6.24. The number of thioether (sulfide) groups is 1. The largest absolute Gasteiger partial charge is 0.381 e. The molecule has 0 saturated carbocycles. The van der Waals surface area contributed by atoms with E-state index in [0.717, 1.165) is 45.1 Å². The molecule has 2 aliphatic heterocycles. The van der Waals surface area contributed by atoms with E-state index >= 15 is 0 Å². The van der Waals surface area contributed by atoms with Gasteiger partial charge < -0.3 is 14.8 Å². The van der Waals surface area contributed by atoms with E-state index in [9.17, 15) is 0 Å². The summed E-state index contributed by atoms with van der Waals surface area (Å²) in [6, 6.07) is 0.599. The van der Waals surface area contributed by atoms with Crippen molar-refractivity contribution in [1.29, 1.82) is 0 Å². The molecule has 3 nitrogen and oxygen atoms in total. The smallest absolute Gasteiger partial charge is 0.0701 e. The van der Waals surface area contributed by atoms with Crippen LogP contribution in [0.15, 0.2) is 0 Å². The first kappa shape index (κ1) is 17.6. The minimum Gasteiger partial charge on any atom is -0.381 e. The van der Waals surface area contributed by atoms with Crippen molar-refractivity contribution in [2.75, 3.05) is 37.9 Å². The van der Waals surface area contributed by atoms with Crippen LogP contribution in [-0.4, -0.2) is 49.5 Å². The van der Waals surface area contributed by atoms with Gasteiger partial charge in [-0.3, -0.25) is 0 Å². The number of rotatable bonds is 8. The fourth-order valence-corrected chi connectivity index (χ4v) is 4.96. The van der Waals surface area contributed by atoms with Crippen molar-refractivity contribution < 1.29 is 9.47 Å². The first-order chi connectivity index (χ1) is 10.3. The quantitative estimate of drug-likeness (QED) is 0.695. The van der Waals surface area contributed by atoms with Gasteiger partial charge in [0, 0.05) is 25.9 Å². The Bertz CT molecular complexity index is 276. The number of hydrogen-bond acceptors (Lipinski definition) is 4. The van der Waals surface area contributed by atoms with E-state index < -0.39 is 0 Å². The van der Waals surface area contributed by atoms with Crippen LogP contribution in [0.5, 0.6) is 0 Å². The van der Waals surface area contributed by atoms with Crippen LogP contribution in [0.2, 0.25) is 0 Å².